The number of nitrogens with zero attached hydrogens (tertiary/aromatic N) is 6. The van der Waals surface area contributed by atoms with Crippen LogP contribution in [-0.4, -0.2) is 82.9 Å². The van der Waals surface area contributed by atoms with Crippen molar-refractivity contribution in [2.75, 3.05) is 57.4 Å². The third-order valence-electron chi connectivity index (χ3n) is 4.62. The zero-order chi connectivity index (χ0) is 16.5. The zero-order valence-electron chi connectivity index (χ0n) is 13.9. The Balaban J connectivity index is 1.45. The summed E-state index contributed by atoms with van der Waals surface area (Å²) in [6.45, 7) is 7.70. The van der Waals surface area contributed by atoms with Gasteiger partial charge in [-0.1, -0.05) is 0 Å². The number of carbonyl (C=O) groups excluding carboxylic acids is 1. The minimum absolute atomic E-state index is 0.132. The van der Waals surface area contributed by atoms with Crippen molar-refractivity contribution in [3.05, 3.63) is 24.0 Å². The van der Waals surface area contributed by atoms with E-state index in [9.17, 15) is 4.79 Å². The van der Waals surface area contributed by atoms with Crippen LogP contribution in [0.5, 0.6) is 0 Å². The van der Waals surface area contributed by atoms with Gasteiger partial charge in [0.1, 0.15) is 5.82 Å². The number of piperazine rings is 1. The van der Waals surface area contributed by atoms with E-state index in [1.54, 1.807) is 6.20 Å². The van der Waals surface area contributed by atoms with Crippen molar-refractivity contribution >= 4 is 17.5 Å². The maximum Gasteiger partial charge on any atom is 0.320 e. The first-order chi connectivity index (χ1) is 11.7. The molecule has 2 amide bonds. The third kappa shape index (κ3) is 2.77. The zero-order valence-corrected chi connectivity index (χ0v) is 13.9. The van der Waals surface area contributed by atoms with Crippen LogP contribution in [0.1, 0.15) is 5.69 Å². The third-order valence-corrected chi connectivity index (χ3v) is 4.62. The average Bonchev–Trinajstić information content (AvgIpc) is 3.09. The molecule has 0 bridgehead atoms. The molecular weight excluding hydrogens is 308 g/mol. The molecule has 0 radical (unpaired) electrons. The number of urea groups is 1. The number of hydrogen-bond acceptors (Lipinski definition) is 5. The Morgan fingerprint density at radius 1 is 1.08 bits per heavy atom. The number of rotatable bonds is 1. The van der Waals surface area contributed by atoms with E-state index >= 15 is 0 Å². The molecule has 0 N–H and O–H groups in total. The molecule has 2 aliphatic heterocycles. The van der Waals surface area contributed by atoms with Gasteiger partial charge in [0.15, 0.2) is 5.65 Å². The first kappa shape index (κ1) is 15.2. The molecule has 0 aliphatic carbocycles. The van der Waals surface area contributed by atoms with Gasteiger partial charge < -0.3 is 19.4 Å². The van der Waals surface area contributed by atoms with E-state index in [0.29, 0.717) is 26.3 Å². The van der Waals surface area contributed by atoms with Crippen molar-refractivity contribution in [2.45, 2.75) is 6.92 Å². The van der Waals surface area contributed by atoms with Crippen molar-refractivity contribution in [1.29, 1.82) is 0 Å². The smallest absolute Gasteiger partial charge is 0.320 e. The van der Waals surface area contributed by atoms with Gasteiger partial charge in [0.2, 0.25) is 0 Å². The van der Waals surface area contributed by atoms with Gasteiger partial charge in [-0.2, -0.15) is 9.61 Å². The molecule has 2 aromatic rings. The van der Waals surface area contributed by atoms with E-state index in [1.807, 2.05) is 27.3 Å². The van der Waals surface area contributed by atoms with Gasteiger partial charge in [-0.25, -0.2) is 9.78 Å². The monoisotopic (exact) mass is 330 g/mol. The Kier molecular flexibility index (Phi) is 3.97. The van der Waals surface area contributed by atoms with Crippen molar-refractivity contribution in [1.82, 2.24) is 24.4 Å². The number of carbonyl (C=O) groups is 1. The molecule has 128 valence electrons. The molecule has 8 heteroatoms. The Bertz CT molecular complexity index is 731. The molecule has 24 heavy (non-hydrogen) atoms. The molecule has 4 rings (SSSR count). The molecule has 2 aliphatic rings. The summed E-state index contributed by atoms with van der Waals surface area (Å²) in [5.41, 5.74) is 1.83. The lowest BCUT2D eigenvalue weighted by Gasteiger charge is -2.39. The van der Waals surface area contributed by atoms with E-state index in [0.717, 1.165) is 43.3 Å². The number of morpholine rings is 1. The van der Waals surface area contributed by atoms with Crippen LogP contribution in [0.3, 0.4) is 0 Å². The Hall–Kier alpha value is -2.35. The Labute approximate surface area is 140 Å². The highest BCUT2D eigenvalue weighted by atomic mass is 16.5. The van der Waals surface area contributed by atoms with Crippen LogP contribution in [-0.2, 0) is 4.74 Å². The maximum atomic E-state index is 12.6. The number of fused-ring (bicyclic) bond motifs is 1. The van der Waals surface area contributed by atoms with Gasteiger partial charge in [-0.15, -0.1) is 0 Å². The fourth-order valence-electron chi connectivity index (χ4n) is 3.33. The Morgan fingerprint density at radius 3 is 2.54 bits per heavy atom. The van der Waals surface area contributed by atoms with Crippen LogP contribution in [0.25, 0.3) is 5.65 Å². The SMILES string of the molecule is Cc1cc(N2CCN(C(=O)N3CCOCC3)CC2)n2nccc2n1. The van der Waals surface area contributed by atoms with E-state index in [4.69, 9.17) is 4.74 Å². The lowest BCUT2D eigenvalue weighted by molar-refractivity contribution is 0.0428. The molecule has 2 fully saturated rings. The summed E-state index contributed by atoms with van der Waals surface area (Å²) in [4.78, 5) is 23.2. The largest absolute Gasteiger partial charge is 0.378 e. The van der Waals surface area contributed by atoms with Gasteiger partial charge >= 0.3 is 6.03 Å². The second-order valence-electron chi connectivity index (χ2n) is 6.21. The summed E-state index contributed by atoms with van der Waals surface area (Å²) in [5, 5.41) is 4.37. The van der Waals surface area contributed by atoms with E-state index in [1.165, 1.54) is 0 Å². The summed E-state index contributed by atoms with van der Waals surface area (Å²) in [7, 11) is 0. The molecule has 2 saturated heterocycles. The van der Waals surface area contributed by atoms with Crippen LogP contribution in [0, 0.1) is 6.92 Å². The minimum atomic E-state index is 0.132. The van der Waals surface area contributed by atoms with Gasteiger partial charge in [0.05, 0.1) is 19.4 Å². The normalized spacial score (nSPS) is 19.1. The van der Waals surface area contributed by atoms with Crippen LogP contribution >= 0.6 is 0 Å². The number of aromatic nitrogens is 3. The molecule has 4 heterocycles. The van der Waals surface area contributed by atoms with Crippen LogP contribution in [0.4, 0.5) is 10.6 Å². The molecule has 2 aromatic heterocycles. The molecule has 0 saturated carbocycles. The van der Waals surface area contributed by atoms with Gasteiger partial charge in [0, 0.05) is 57.1 Å². The van der Waals surface area contributed by atoms with Gasteiger partial charge in [-0.3, -0.25) is 0 Å². The number of amides is 2. The highest BCUT2D eigenvalue weighted by Crippen LogP contribution is 2.19. The van der Waals surface area contributed by atoms with Crippen molar-refractivity contribution < 1.29 is 9.53 Å². The quantitative estimate of drug-likeness (QED) is 0.766. The molecule has 0 atom stereocenters. The lowest BCUT2D eigenvalue weighted by Crippen LogP contribution is -2.55. The van der Waals surface area contributed by atoms with Gasteiger partial charge in [0.25, 0.3) is 0 Å². The predicted octanol–water partition coefficient (Wildman–Crippen LogP) is 0.612. The van der Waals surface area contributed by atoms with Crippen LogP contribution in [0.15, 0.2) is 18.3 Å². The fourth-order valence-corrected chi connectivity index (χ4v) is 3.33. The first-order valence-corrected chi connectivity index (χ1v) is 8.40. The van der Waals surface area contributed by atoms with Crippen LogP contribution in [0.2, 0.25) is 0 Å². The maximum absolute atomic E-state index is 12.6. The topological polar surface area (TPSA) is 66.2 Å². The van der Waals surface area contributed by atoms with Crippen molar-refractivity contribution in [2.24, 2.45) is 0 Å². The summed E-state index contributed by atoms with van der Waals surface area (Å²) < 4.78 is 7.19. The number of aryl methyl sites for hydroxylation is 1. The van der Waals surface area contributed by atoms with Gasteiger partial charge in [-0.05, 0) is 6.92 Å². The number of anilines is 1. The summed E-state index contributed by atoms with van der Waals surface area (Å²) >= 11 is 0. The van der Waals surface area contributed by atoms with Crippen LogP contribution < -0.4 is 4.90 Å². The fraction of sp³-hybridized carbons (Fsp3) is 0.562. The summed E-state index contributed by atoms with van der Waals surface area (Å²) in [6.07, 6.45) is 1.77. The predicted molar refractivity (Wildman–Crippen MR) is 89.3 cm³/mol. The molecular formula is C16H22N6O2. The molecule has 0 spiro atoms. The molecule has 8 nitrogen and oxygen atoms in total. The van der Waals surface area contributed by atoms with E-state index < -0.39 is 0 Å². The van der Waals surface area contributed by atoms with E-state index in [-0.39, 0.29) is 6.03 Å². The highest BCUT2D eigenvalue weighted by molar-refractivity contribution is 5.75. The molecule has 0 unspecified atom stereocenters. The Morgan fingerprint density at radius 2 is 1.79 bits per heavy atom. The standard InChI is InChI=1S/C16H22N6O2/c1-13-12-15(22-14(18-13)2-3-17-22)19-4-6-20(7-5-19)16(23)21-8-10-24-11-9-21/h2-3,12H,4-11H2,1H3. The van der Waals surface area contributed by atoms with Crippen molar-refractivity contribution in [3.8, 4) is 0 Å². The second-order valence-corrected chi connectivity index (χ2v) is 6.21. The highest BCUT2D eigenvalue weighted by Gasteiger charge is 2.27. The average molecular weight is 330 g/mol. The number of hydrogen-bond donors (Lipinski definition) is 0. The first-order valence-electron chi connectivity index (χ1n) is 8.40. The second kappa shape index (κ2) is 6.27. The lowest BCUT2D eigenvalue weighted by atomic mass is 10.3. The minimum Gasteiger partial charge on any atom is -0.378 e. The number of ether oxygens (including phenoxy) is 1. The van der Waals surface area contributed by atoms with E-state index in [2.05, 4.69) is 21.0 Å². The molecule has 0 aromatic carbocycles. The van der Waals surface area contributed by atoms with Crippen molar-refractivity contribution in [3.63, 3.8) is 0 Å². The summed E-state index contributed by atoms with van der Waals surface area (Å²) in [5.74, 6) is 1.04. The summed E-state index contributed by atoms with van der Waals surface area (Å²) in [6, 6.07) is 4.10.